The summed E-state index contributed by atoms with van der Waals surface area (Å²) in [6.07, 6.45) is 1.87. The highest BCUT2D eigenvalue weighted by atomic mass is 16.3. The lowest BCUT2D eigenvalue weighted by Crippen LogP contribution is -2.33. The molecule has 0 spiro atoms. The molecule has 0 heterocycles. The zero-order chi connectivity index (χ0) is 13.8. The SMILES string of the molecule is Cc1ccccc1[C@H](O)CNC(=O)[C@@H]1CC[C@H](N)C1. The van der Waals surface area contributed by atoms with E-state index in [0.29, 0.717) is 0 Å². The summed E-state index contributed by atoms with van der Waals surface area (Å²) in [6.45, 7) is 2.21. The van der Waals surface area contributed by atoms with E-state index in [0.717, 1.165) is 30.4 Å². The minimum Gasteiger partial charge on any atom is -0.387 e. The van der Waals surface area contributed by atoms with E-state index >= 15 is 0 Å². The molecule has 0 radical (unpaired) electrons. The van der Waals surface area contributed by atoms with Crippen molar-refractivity contribution in [3.63, 3.8) is 0 Å². The van der Waals surface area contributed by atoms with E-state index in [2.05, 4.69) is 5.32 Å². The van der Waals surface area contributed by atoms with Crippen LogP contribution < -0.4 is 11.1 Å². The van der Waals surface area contributed by atoms with Gasteiger partial charge in [0.25, 0.3) is 0 Å². The van der Waals surface area contributed by atoms with Crippen LogP contribution in [0, 0.1) is 12.8 Å². The lowest BCUT2D eigenvalue weighted by molar-refractivity contribution is -0.125. The minimum absolute atomic E-state index is 0.0130. The van der Waals surface area contributed by atoms with Gasteiger partial charge in [-0.25, -0.2) is 0 Å². The summed E-state index contributed by atoms with van der Waals surface area (Å²) in [5, 5.41) is 12.9. The second-order valence-corrected chi connectivity index (χ2v) is 5.39. The minimum atomic E-state index is -0.653. The van der Waals surface area contributed by atoms with E-state index in [-0.39, 0.29) is 24.4 Å². The molecule has 1 aliphatic rings. The highest BCUT2D eigenvalue weighted by Gasteiger charge is 2.27. The maximum Gasteiger partial charge on any atom is 0.223 e. The van der Waals surface area contributed by atoms with E-state index in [9.17, 15) is 9.90 Å². The number of aliphatic hydroxyl groups excluding tert-OH is 1. The third-order valence-corrected chi connectivity index (χ3v) is 3.86. The maximum absolute atomic E-state index is 11.9. The molecule has 1 aromatic carbocycles. The van der Waals surface area contributed by atoms with E-state index in [4.69, 9.17) is 5.73 Å². The predicted octanol–water partition coefficient (Wildman–Crippen LogP) is 1.27. The second kappa shape index (κ2) is 6.17. The van der Waals surface area contributed by atoms with Crippen molar-refractivity contribution in [3.05, 3.63) is 35.4 Å². The number of carbonyl (C=O) groups is 1. The molecule has 0 bridgehead atoms. The first kappa shape index (κ1) is 14.0. The Balaban J connectivity index is 1.85. The Hall–Kier alpha value is -1.39. The van der Waals surface area contributed by atoms with Gasteiger partial charge in [0.2, 0.25) is 5.91 Å². The third-order valence-electron chi connectivity index (χ3n) is 3.86. The smallest absolute Gasteiger partial charge is 0.223 e. The molecule has 0 saturated heterocycles. The van der Waals surface area contributed by atoms with Crippen molar-refractivity contribution in [1.29, 1.82) is 0 Å². The van der Waals surface area contributed by atoms with Gasteiger partial charge >= 0.3 is 0 Å². The molecule has 4 N–H and O–H groups in total. The highest BCUT2D eigenvalue weighted by molar-refractivity contribution is 5.79. The molecule has 0 aliphatic heterocycles. The van der Waals surface area contributed by atoms with Crippen LogP contribution in [0.2, 0.25) is 0 Å². The van der Waals surface area contributed by atoms with Crippen LogP contribution in [0.25, 0.3) is 0 Å². The first-order valence-corrected chi connectivity index (χ1v) is 6.85. The Bertz CT molecular complexity index is 448. The predicted molar refractivity (Wildman–Crippen MR) is 74.5 cm³/mol. The van der Waals surface area contributed by atoms with Gasteiger partial charge in [0.05, 0.1) is 6.10 Å². The Labute approximate surface area is 114 Å². The van der Waals surface area contributed by atoms with Crippen LogP contribution in [-0.4, -0.2) is 23.6 Å². The fourth-order valence-corrected chi connectivity index (χ4v) is 2.67. The second-order valence-electron chi connectivity index (χ2n) is 5.39. The van der Waals surface area contributed by atoms with Crippen molar-refractivity contribution < 1.29 is 9.90 Å². The van der Waals surface area contributed by atoms with Crippen LogP contribution in [0.15, 0.2) is 24.3 Å². The fraction of sp³-hybridized carbons (Fsp3) is 0.533. The van der Waals surface area contributed by atoms with Crippen LogP contribution in [-0.2, 0) is 4.79 Å². The van der Waals surface area contributed by atoms with Crippen LogP contribution in [0.3, 0.4) is 0 Å². The summed E-state index contributed by atoms with van der Waals surface area (Å²) in [4.78, 5) is 11.9. The molecular formula is C15H22N2O2. The van der Waals surface area contributed by atoms with Gasteiger partial charge in [-0.2, -0.15) is 0 Å². The number of nitrogens with two attached hydrogens (primary N) is 1. The molecule has 0 unspecified atom stereocenters. The molecule has 1 aliphatic carbocycles. The molecule has 4 heteroatoms. The van der Waals surface area contributed by atoms with E-state index in [1.54, 1.807) is 0 Å². The molecule has 3 atom stereocenters. The van der Waals surface area contributed by atoms with Crippen molar-refractivity contribution in [2.24, 2.45) is 11.7 Å². The van der Waals surface area contributed by atoms with Crippen molar-refractivity contribution in [2.75, 3.05) is 6.54 Å². The largest absolute Gasteiger partial charge is 0.387 e. The molecule has 104 valence electrons. The van der Waals surface area contributed by atoms with Crippen molar-refractivity contribution >= 4 is 5.91 Å². The van der Waals surface area contributed by atoms with Gasteiger partial charge in [-0.3, -0.25) is 4.79 Å². The topological polar surface area (TPSA) is 75.3 Å². The van der Waals surface area contributed by atoms with E-state index in [1.807, 2.05) is 31.2 Å². The zero-order valence-corrected chi connectivity index (χ0v) is 11.3. The number of nitrogens with one attached hydrogen (secondary N) is 1. The average molecular weight is 262 g/mol. The Morgan fingerprint density at radius 3 is 2.84 bits per heavy atom. The molecule has 19 heavy (non-hydrogen) atoms. The van der Waals surface area contributed by atoms with Gasteiger partial charge in [-0.05, 0) is 37.3 Å². The molecule has 1 fully saturated rings. The Morgan fingerprint density at radius 2 is 2.21 bits per heavy atom. The number of amides is 1. The number of hydrogen-bond donors (Lipinski definition) is 3. The van der Waals surface area contributed by atoms with Gasteiger partial charge in [0, 0.05) is 18.5 Å². The van der Waals surface area contributed by atoms with Gasteiger partial charge < -0.3 is 16.2 Å². The number of aryl methyl sites for hydroxylation is 1. The summed E-state index contributed by atoms with van der Waals surface area (Å²) in [7, 11) is 0. The van der Waals surface area contributed by atoms with Crippen molar-refractivity contribution in [1.82, 2.24) is 5.32 Å². The first-order valence-electron chi connectivity index (χ1n) is 6.85. The Morgan fingerprint density at radius 1 is 1.47 bits per heavy atom. The lowest BCUT2D eigenvalue weighted by Gasteiger charge is -2.16. The summed E-state index contributed by atoms with van der Waals surface area (Å²) in [6, 6.07) is 7.82. The monoisotopic (exact) mass is 262 g/mol. The zero-order valence-electron chi connectivity index (χ0n) is 11.3. The molecule has 1 aromatic rings. The molecule has 1 saturated carbocycles. The fourth-order valence-electron chi connectivity index (χ4n) is 2.67. The third kappa shape index (κ3) is 3.55. The van der Waals surface area contributed by atoms with Crippen LogP contribution in [0.1, 0.15) is 36.5 Å². The van der Waals surface area contributed by atoms with Crippen molar-refractivity contribution in [3.8, 4) is 0 Å². The van der Waals surface area contributed by atoms with E-state index in [1.165, 1.54) is 0 Å². The molecule has 0 aromatic heterocycles. The van der Waals surface area contributed by atoms with Gasteiger partial charge in [0.1, 0.15) is 0 Å². The van der Waals surface area contributed by atoms with Gasteiger partial charge in [0.15, 0.2) is 0 Å². The standard InChI is InChI=1S/C15H22N2O2/c1-10-4-2-3-5-13(10)14(18)9-17-15(19)11-6-7-12(16)8-11/h2-5,11-12,14,18H,6-9,16H2,1H3,(H,17,19)/t11-,12+,14-/m1/s1. The quantitative estimate of drug-likeness (QED) is 0.765. The Kier molecular flexibility index (Phi) is 4.56. The number of aliphatic hydroxyl groups is 1. The number of hydrogen-bond acceptors (Lipinski definition) is 3. The highest BCUT2D eigenvalue weighted by Crippen LogP contribution is 2.24. The molecule has 1 amide bonds. The summed E-state index contributed by atoms with van der Waals surface area (Å²) >= 11 is 0. The number of benzene rings is 1. The summed E-state index contributed by atoms with van der Waals surface area (Å²) in [5.74, 6) is 0.0275. The van der Waals surface area contributed by atoms with Crippen LogP contribution in [0.4, 0.5) is 0 Å². The lowest BCUT2D eigenvalue weighted by atomic mass is 10.0. The molecule has 2 rings (SSSR count). The summed E-state index contributed by atoms with van der Waals surface area (Å²) in [5.41, 5.74) is 7.70. The first-order chi connectivity index (χ1) is 9.08. The normalized spacial score (nSPS) is 24.2. The molecular weight excluding hydrogens is 240 g/mol. The van der Waals surface area contributed by atoms with Gasteiger partial charge in [-0.1, -0.05) is 24.3 Å². The average Bonchev–Trinajstić information content (AvgIpc) is 2.83. The molecule has 4 nitrogen and oxygen atoms in total. The number of carbonyl (C=O) groups excluding carboxylic acids is 1. The van der Waals surface area contributed by atoms with Gasteiger partial charge in [-0.15, -0.1) is 0 Å². The van der Waals surface area contributed by atoms with E-state index < -0.39 is 6.10 Å². The maximum atomic E-state index is 11.9. The van der Waals surface area contributed by atoms with Crippen LogP contribution in [0.5, 0.6) is 0 Å². The van der Waals surface area contributed by atoms with Crippen LogP contribution >= 0.6 is 0 Å². The number of rotatable bonds is 4. The van der Waals surface area contributed by atoms with Crippen molar-refractivity contribution in [2.45, 2.75) is 38.3 Å². The summed E-state index contributed by atoms with van der Waals surface area (Å²) < 4.78 is 0.